The highest BCUT2D eigenvalue weighted by Gasteiger charge is 2.33. The molecule has 1 fully saturated rings. The van der Waals surface area contributed by atoms with Crippen molar-refractivity contribution in [1.82, 2.24) is 4.98 Å². The standard InChI is InChI=1S/C19H19ClN4O4S/c1-28-18-7-6-12(11-21-18)22-19(25)13-9-16-15(10-14(13)20)24-8-4-2-3-5-17(24)23-29(16,26)27/h6-7,9-11H,2-5,8H2,1H3,(H,22,25). The number of nitrogens with zero attached hydrogens (tertiary/aromatic N) is 3. The number of amidine groups is 1. The monoisotopic (exact) mass is 434 g/mol. The Kier molecular flexibility index (Phi) is 5.18. The van der Waals surface area contributed by atoms with E-state index < -0.39 is 15.9 Å². The summed E-state index contributed by atoms with van der Waals surface area (Å²) in [5.74, 6) is 0.408. The molecule has 0 atom stereocenters. The molecule has 1 aromatic heterocycles. The average Bonchev–Trinajstić information content (AvgIpc) is 2.93. The van der Waals surface area contributed by atoms with E-state index in [1.807, 2.05) is 4.90 Å². The number of aromatic nitrogens is 1. The molecule has 2 aliphatic rings. The number of pyridine rings is 1. The molecule has 4 rings (SSSR count). The number of carbonyl (C=O) groups is 1. The van der Waals surface area contributed by atoms with E-state index in [1.54, 1.807) is 12.1 Å². The van der Waals surface area contributed by atoms with E-state index >= 15 is 0 Å². The summed E-state index contributed by atoms with van der Waals surface area (Å²) in [7, 11) is -2.41. The number of rotatable bonds is 3. The summed E-state index contributed by atoms with van der Waals surface area (Å²) < 4.78 is 34.5. The fourth-order valence-electron chi connectivity index (χ4n) is 3.44. The Morgan fingerprint density at radius 2 is 2.07 bits per heavy atom. The van der Waals surface area contributed by atoms with Gasteiger partial charge in [-0.2, -0.15) is 8.42 Å². The normalized spacial score (nSPS) is 17.4. The Morgan fingerprint density at radius 1 is 1.24 bits per heavy atom. The third-order valence-corrected chi connectivity index (χ3v) is 6.53. The van der Waals surface area contributed by atoms with Crippen LogP contribution >= 0.6 is 11.6 Å². The molecule has 0 unspecified atom stereocenters. The molecule has 2 aliphatic heterocycles. The molecule has 152 valence electrons. The summed E-state index contributed by atoms with van der Waals surface area (Å²) in [5, 5.41) is 2.83. The van der Waals surface area contributed by atoms with E-state index in [4.69, 9.17) is 16.3 Å². The van der Waals surface area contributed by atoms with E-state index in [2.05, 4.69) is 14.7 Å². The minimum absolute atomic E-state index is 0.00874. The number of carbonyl (C=O) groups excluding carboxylic acids is 1. The number of anilines is 2. The van der Waals surface area contributed by atoms with E-state index in [-0.39, 0.29) is 15.5 Å². The van der Waals surface area contributed by atoms with Crippen molar-refractivity contribution in [1.29, 1.82) is 0 Å². The Hall–Kier alpha value is -2.65. The van der Waals surface area contributed by atoms with Crippen LogP contribution < -0.4 is 15.0 Å². The van der Waals surface area contributed by atoms with Crippen LogP contribution in [0.2, 0.25) is 5.02 Å². The molecule has 1 amide bonds. The number of halogens is 1. The number of nitrogens with one attached hydrogen (secondary N) is 1. The summed E-state index contributed by atoms with van der Waals surface area (Å²) in [6, 6.07) is 6.06. The maximum atomic E-state index is 12.7. The average molecular weight is 435 g/mol. The van der Waals surface area contributed by atoms with Gasteiger partial charge in [0, 0.05) is 19.0 Å². The van der Waals surface area contributed by atoms with Crippen LogP contribution in [0.1, 0.15) is 36.0 Å². The van der Waals surface area contributed by atoms with Gasteiger partial charge >= 0.3 is 0 Å². The van der Waals surface area contributed by atoms with Crippen LogP contribution in [0, 0.1) is 0 Å². The van der Waals surface area contributed by atoms with Gasteiger partial charge in [-0.25, -0.2) is 4.98 Å². The van der Waals surface area contributed by atoms with Gasteiger partial charge in [0.05, 0.1) is 35.3 Å². The Balaban J connectivity index is 1.70. The van der Waals surface area contributed by atoms with Gasteiger partial charge in [0.15, 0.2) is 0 Å². The summed E-state index contributed by atoms with van der Waals surface area (Å²) in [6.45, 7) is 0.667. The number of hydrogen-bond donors (Lipinski definition) is 1. The van der Waals surface area contributed by atoms with Gasteiger partial charge < -0.3 is 15.0 Å². The minimum Gasteiger partial charge on any atom is -0.481 e. The Labute approximate surface area is 173 Å². The molecule has 1 aromatic carbocycles. The van der Waals surface area contributed by atoms with Gasteiger partial charge in [-0.05, 0) is 31.0 Å². The van der Waals surface area contributed by atoms with Crippen LogP contribution in [0.15, 0.2) is 39.8 Å². The van der Waals surface area contributed by atoms with Crippen molar-refractivity contribution in [3.8, 4) is 5.88 Å². The Bertz CT molecular complexity index is 1100. The van der Waals surface area contributed by atoms with Crippen LogP contribution in [0.25, 0.3) is 0 Å². The van der Waals surface area contributed by atoms with Crippen LogP contribution in [-0.4, -0.2) is 38.8 Å². The van der Waals surface area contributed by atoms with Crippen LogP contribution in [0.4, 0.5) is 11.4 Å². The fraction of sp³-hybridized carbons (Fsp3) is 0.316. The SMILES string of the molecule is COc1ccc(NC(=O)c2cc3c(cc2Cl)N2CCCCCC2=NS3(=O)=O)cn1. The van der Waals surface area contributed by atoms with Gasteiger partial charge in [-0.1, -0.05) is 18.0 Å². The van der Waals surface area contributed by atoms with E-state index in [0.29, 0.717) is 36.1 Å². The molecule has 0 spiro atoms. The number of fused-ring (bicyclic) bond motifs is 3. The maximum Gasteiger partial charge on any atom is 0.286 e. The molecular weight excluding hydrogens is 416 g/mol. The molecular formula is C19H19ClN4O4S. The Morgan fingerprint density at radius 3 is 2.79 bits per heavy atom. The lowest BCUT2D eigenvalue weighted by molar-refractivity contribution is 0.102. The van der Waals surface area contributed by atoms with Crippen molar-refractivity contribution in [2.45, 2.75) is 30.6 Å². The number of ether oxygens (including phenoxy) is 1. The molecule has 10 heteroatoms. The van der Waals surface area contributed by atoms with Crippen molar-refractivity contribution in [2.24, 2.45) is 4.40 Å². The number of hydrogen-bond acceptors (Lipinski definition) is 6. The van der Waals surface area contributed by atoms with E-state index in [9.17, 15) is 13.2 Å². The summed E-state index contributed by atoms with van der Waals surface area (Å²) in [4.78, 5) is 18.6. The molecule has 8 nitrogen and oxygen atoms in total. The maximum absolute atomic E-state index is 12.7. The quantitative estimate of drug-likeness (QED) is 0.793. The van der Waals surface area contributed by atoms with Gasteiger partial charge in [0.25, 0.3) is 15.9 Å². The zero-order valence-corrected chi connectivity index (χ0v) is 17.3. The second-order valence-corrected chi connectivity index (χ2v) is 8.77. The predicted octanol–water partition coefficient (Wildman–Crippen LogP) is 3.48. The molecule has 2 aromatic rings. The molecule has 3 heterocycles. The molecule has 1 saturated heterocycles. The third-order valence-electron chi connectivity index (χ3n) is 4.88. The zero-order chi connectivity index (χ0) is 20.6. The third kappa shape index (κ3) is 3.79. The first-order valence-electron chi connectivity index (χ1n) is 9.15. The van der Waals surface area contributed by atoms with Gasteiger partial charge in [0.2, 0.25) is 5.88 Å². The number of benzene rings is 1. The fourth-order valence-corrected chi connectivity index (χ4v) is 4.95. The second-order valence-electron chi connectivity index (χ2n) is 6.79. The highest BCUT2D eigenvalue weighted by atomic mass is 35.5. The van der Waals surface area contributed by atoms with Crippen molar-refractivity contribution in [2.75, 3.05) is 23.9 Å². The molecule has 29 heavy (non-hydrogen) atoms. The van der Waals surface area contributed by atoms with Gasteiger partial charge in [-0.3, -0.25) is 4.79 Å². The molecule has 0 bridgehead atoms. The van der Waals surface area contributed by atoms with Crippen molar-refractivity contribution < 1.29 is 17.9 Å². The summed E-state index contributed by atoms with van der Waals surface area (Å²) in [6.07, 6.45) is 4.87. The molecule has 0 aliphatic carbocycles. The van der Waals surface area contributed by atoms with Gasteiger partial charge in [0.1, 0.15) is 10.7 Å². The van der Waals surface area contributed by atoms with Crippen molar-refractivity contribution in [3.63, 3.8) is 0 Å². The lowest BCUT2D eigenvalue weighted by Crippen LogP contribution is -2.35. The minimum atomic E-state index is -3.90. The van der Waals surface area contributed by atoms with E-state index in [1.165, 1.54) is 25.4 Å². The number of methoxy groups -OCH3 is 1. The first-order valence-corrected chi connectivity index (χ1v) is 11.0. The summed E-state index contributed by atoms with van der Waals surface area (Å²) in [5.41, 5.74) is 0.961. The largest absolute Gasteiger partial charge is 0.481 e. The van der Waals surface area contributed by atoms with Crippen LogP contribution in [0.3, 0.4) is 0 Å². The highest BCUT2D eigenvalue weighted by molar-refractivity contribution is 7.90. The zero-order valence-electron chi connectivity index (χ0n) is 15.7. The van der Waals surface area contributed by atoms with Crippen LogP contribution in [0.5, 0.6) is 5.88 Å². The number of amides is 1. The van der Waals surface area contributed by atoms with Crippen LogP contribution in [-0.2, 0) is 10.0 Å². The summed E-state index contributed by atoms with van der Waals surface area (Å²) >= 11 is 6.38. The highest BCUT2D eigenvalue weighted by Crippen LogP contribution is 2.38. The molecule has 0 saturated carbocycles. The first-order chi connectivity index (χ1) is 13.9. The predicted molar refractivity (Wildman–Crippen MR) is 111 cm³/mol. The lowest BCUT2D eigenvalue weighted by Gasteiger charge is -2.30. The molecule has 1 N–H and O–H groups in total. The first kappa shape index (κ1) is 19.7. The second kappa shape index (κ2) is 7.64. The number of sulfonamides is 1. The lowest BCUT2D eigenvalue weighted by atomic mass is 10.1. The smallest absolute Gasteiger partial charge is 0.286 e. The topological polar surface area (TPSA) is 101 Å². The van der Waals surface area contributed by atoms with E-state index in [0.717, 1.165) is 19.3 Å². The van der Waals surface area contributed by atoms with Crippen molar-refractivity contribution in [3.05, 3.63) is 41.0 Å². The van der Waals surface area contributed by atoms with Gasteiger partial charge in [-0.15, -0.1) is 4.40 Å². The molecule has 0 radical (unpaired) electrons. The van der Waals surface area contributed by atoms with Crippen molar-refractivity contribution >= 4 is 44.7 Å².